The van der Waals surface area contributed by atoms with Gasteiger partial charge in [-0.3, -0.25) is 4.79 Å². The second-order valence-electron chi connectivity index (χ2n) is 6.55. The van der Waals surface area contributed by atoms with Gasteiger partial charge in [0.05, 0.1) is 19.0 Å². The number of ether oxygens (including phenoxy) is 2. The SMILES string of the molecule is CCCO[C@]1(C(=O)Nc2cnc(OC)c(C)c2)CCC[C@H](C)C1. The highest BCUT2D eigenvalue weighted by Crippen LogP contribution is 2.36. The number of hydrogen-bond donors (Lipinski definition) is 1. The van der Waals surface area contributed by atoms with E-state index < -0.39 is 5.60 Å². The number of pyridine rings is 1. The number of nitrogens with one attached hydrogen (secondary N) is 1. The predicted octanol–water partition coefficient (Wildman–Crippen LogP) is 3.71. The van der Waals surface area contributed by atoms with Gasteiger partial charge in [0.2, 0.25) is 5.88 Å². The molecule has 1 aromatic rings. The van der Waals surface area contributed by atoms with Gasteiger partial charge in [-0.25, -0.2) is 4.98 Å². The van der Waals surface area contributed by atoms with Crippen molar-refractivity contribution >= 4 is 11.6 Å². The topological polar surface area (TPSA) is 60.5 Å². The molecule has 0 aliphatic heterocycles. The number of amides is 1. The van der Waals surface area contributed by atoms with Crippen molar-refractivity contribution in [2.24, 2.45) is 5.92 Å². The summed E-state index contributed by atoms with van der Waals surface area (Å²) in [4.78, 5) is 17.1. The predicted molar refractivity (Wildman–Crippen MR) is 90.8 cm³/mol. The van der Waals surface area contributed by atoms with E-state index in [4.69, 9.17) is 9.47 Å². The molecule has 1 aliphatic rings. The highest BCUT2D eigenvalue weighted by atomic mass is 16.5. The molecule has 1 saturated carbocycles. The van der Waals surface area contributed by atoms with Gasteiger partial charge in [0, 0.05) is 12.2 Å². The first-order valence-electron chi connectivity index (χ1n) is 8.47. The first-order valence-corrected chi connectivity index (χ1v) is 8.47. The van der Waals surface area contributed by atoms with Crippen LogP contribution in [0.25, 0.3) is 0 Å². The summed E-state index contributed by atoms with van der Waals surface area (Å²) in [6.45, 7) is 6.78. The molecule has 0 radical (unpaired) electrons. The van der Waals surface area contributed by atoms with Gasteiger partial charge < -0.3 is 14.8 Å². The van der Waals surface area contributed by atoms with Crippen molar-refractivity contribution in [2.45, 2.75) is 58.5 Å². The van der Waals surface area contributed by atoms with Crippen LogP contribution in [0.5, 0.6) is 5.88 Å². The molecule has 0 bridgehead atoms. The minimum Gasteiger partial charge on any atom is -0.481 e. The number of anilines is 1. The van der Waals surface area contributed by atoms with E-state index in [1.807, 2.05) is 13.0 Å². The van der Waals surface area contributed by atoms with Crippen LogP contribution in [0, 0.1) is 12.8 Å². The van der Waals surface area contributed by atoms with E-state index in [0.29, 0.717) is 24.1 Å². The smallest absolute Gasteiger partial charge is 0.256 e. The number of carbonyl (C=O) groups excluding carboxylic acids is 1. The van der Waals surface area contributed by atoms with Crippen LogP contribution in [0.1, 0.15) is 51.5 Å². The Hall–Kier alpha value is -1.62. The Labute approximate surface area is 138 Å². The minimum absolute atomic E-state index is 0.0520. The molecule has 1 amide bonds. The molecule has 2 rings (SSSR count). The van der Waals surface area contributed by atoms with E-state index in [1.54, 1.807) is 13.3 Å². The van der Waals surface area contributed by atoms with Gasteiger partial charge in [-0.1, -0.05) is 20.3 Å². The van der Waals surface area contributed by atoms with Gasteiger partial charge in [-0.2, -0.15) is 0 Å². The van der Waals surface area contributed by atoms with Crippen LogP contribution in [0.15, 0.2) is 12.3 Å². The van der Waals surface area contributed by atoms with Crippen LogP contribution in [0.3, 0.4) is 0 Å². The van der Waals surface area contributed by atoms with Gasteiger partial charge >= 0.3 is 0 Å². The molecule has 0 aromatic carbocycles. The summed E-state index contributed by atoms with van der Waals surface area (Å²) in [5.74, 6) is 1.03. The lowest BCUT2D eigenvalue weighted by Gasteiger charge is -2.38. The van der Waals surface area contributed by atoms with Crippen LogP contribution in [-0.2, 0) is 9.53 Å². The Morgan fingerprint density at radius 2 is 2.30 bits per heavy atom. The lowest BCUT2D eigenvalue weighted by atomic mass is 9.78. The number of carbonyl (C=O) groups is 1. The Bertz CT molecular complexity index is 547. The van der Waals surface area contributed by atoms with Gasteiger partial charge in [0.15, 0.2) is 0 Å². The van der Waals surface area contributed by atoms with Gasteiger partial charge in [0.25, 0.3) is 5.91 Å². The summed E-state index contributed by atoms with van der Waals surface area (Å²) in [6, 6.07) is 1.88. The monoisotopic (exact) mass is 320 g/mol. The number of nitrogens with zero attached hydrogens (tertiary/aromatic N) is 1. The van der Waals surface area contributed by atoms with E-state index in [-0.39, 0.29) is 5.91 Å². The summed E-state index contributed by atoms with van der Waals surface area (Å²) >= 11 is 0. The van der Waals surface area contributed by atoms with E-state index in [9.17, 15) is 4.79 Å². The van der Waals surface area contributed by atoms with E-state index >= 15 is 0 Å². The van der Waals surface area contributed by atoms with Gasteiger partial charge in [0.1, 0.15) is 5.60 Å². The highest BCUT2D eigenvalue weighted by molar-refractivity contribution is 5.97. The lowest BCUT2D eigenvalue weighted by molar-refractivity contribution is -0.148. The molecular formula is C18H28N2O3. The molecular weight excluding hydrogens is 292 g/mol. The maximum atomic E-state index is 12.9. The normalized spacial score (nSPS) is 24.3. The van der Waals surface area contributed by atoms with Crippen molar-refractivity contribution in [1.82, 2.24) is 4.98 Å². The molecule has 2 atom stereocenters. The van der Waals surface area contributed by atoms with E-state index in [1.165, 1.54) is 0 Å². The fourth-order valence-electron chi connectivity index (χ4n) is 3.29. The number of aromatic nitrogens is 1. The number of hydrogen-bond acceptors (Lipinski definition) is 4. The molecule has 0 spiro atoms. The number of aryl methyl sites for hydroxylation is 1. The number of methoxy groups -OCH3 is 1. The second-order valence-corrected chi connectivity index (χ2v) is 6.55. The van der Waals surface area contributed by atoms with Gasteiger partial charge in [-0.15, -0.1) is 0 Å². The third-order valence-corrected chi connectivity index (χ3v) is 4.43. The van der Waals surface area contributed by atoms with E-state index in [2.05, 4.69) is 24.1 Å². The molecule has 5 nitrogen and oxygen atoms in total. The molecule has 23 heavy (non-hydrogen) atoms. The molecule has 1 aromatic heterocycles. The first-order chi connectivity index (χ1) is 11.0. The second kappa shape index (κ2) is 7.77. The molecule has 1 fully saturated rings. The maximum Gasteiger partial charge on any atom is 0.256 e. The summed E-state index contributed by atoms with van der Waals surface area (Å²) in [6.07, 6.45) is 6.29. The van der Waals surface area contributed by atoms with Crippen LogP contribution in [0.2, 0.25) is 0 Å². The van der Waals surface area contributed by atoms with Gasteiger partial charge in [-0.05, 0) is 44.6 Å². The molecule has 5 heteroatoms. The van der Waals surface area contributed by atoms with Crippen molar-refractivity contribution < 1.29 is 14.3 Å². The molecule has 0 saturated heterocycles. The Kier molecular flexibility index (Phi) is 5.99. The summed E-state index contributed by atoms with van der Waals surface area (Å²) in [5, 5.41) is 2.99. The Balaban J connectivity index is 2.15. The fraction of sp³-hybridized carbons (Fsp3) is 0.667. The third-order valence-electron chi connectivity index (χ3n) is 4.43. The zero-order valence-corrected chi connectivity index (χ0v) is 14.6. The summed E-state index contributed by atoms with van der Waals surface area (Å²) in [5.41, 5.74) is 0.874. The first kappa shape index (κ1) is 17.7. The molecule has 128 valence electrons. The van der Waals surface area contributed by atoms with Crippen molar-refractivity contribution in [3.05, 3.63) is 17.8 Å². The van der Waals surface area contributed by atoms with Crippen molar-refractivity contribution in [3.63, 3.8) is 0 Å². The third kappa shape index (κ3) is 4.22. The van der Waals surface area contributed by atoms with E-state index in [0.717, 1.165) is 37.7 Å². The summed E-state index contributed by atoms with van der Waals surface area (Å²) < 4.78 is 11.2. The Morgan fingerprint density at radius 1 is 1.52 bits per heavy atom. The quantitative estimate of drug-likeness (QED) is 0.868. The van der Waals surface area contributed by atoms with Crippen LogP contribution >= 0.6 is 0 Å². The summed E-state index contributed by atoms with van der Waals surface area (Å²) in [7, 11) is 1.59. The minimum atomic E-state index is -0.707. The average molecular weight is 320 g/mol. The fourth-order valence-corrected chi connectivity index (χ4v) is 3.29. The standard InChI is InChI=1S/C18H28N2O3/c1-5-9-23-18(8-6-7-13(2)11-18)17(21)20-15-10-14(3)16(22-4)19-12-15/h10,12-13H,5-9,11H2,1-4H3,(H,20,21)/t13-,18+/m0/s1. The van der Waals surface area contributed by atoms with Crippen molar-refractivity contribution in [3.8, 4) is 5.88 Å². The van der Waals surface area contributed by atoms with Crippen molar-refractivity contribution in [1.29, 1.82) is 0 Å². The molecule has 1 aliphatic carbocycles. The largest absolute Gasteiger partial charge is 0.481 e. The molecule has 1 N–H and O–H groups in total. The van der Waals surface area contributed by atoms with Crippen LogP contribution in [0.4, 0.5) is 5.69 Å². The van der Waals surface area contributed by atoms with Crippen molar-refractivity contribution in [2.75, 3.05) is 19.0 Å². The lowest BCUT2D eigenvalue weighted by Crippen LogP contribution is -2.48. The molecule has 1 heterocycles. The van der Waals surface area contributed by atoms with Crippen LogP contribution < -0.4 is 10.1 Å². The Morgan fingerprint density at radius 3 is 2.91 bits per heavy atom. The van der Waals surface area contributed by atoms with Crippen LogP contribution in [-0.4, -0.2) is 30.2 Å². The number of rotatable bonds is 6. The average Bonchev–Trinajstić information content (AvgIpc) is 2.53. The zero-order chi connectivity index (χ0) is 16.9. The highest BCUT2D eigenvalue weighted by Gasteiger charge is 2.42. The zero-order valence-electron chi connectivity index (χ0n) is 14.6. The maximum absolute atomic E-state index is 12.9. The molecule has 0 unspecified atom stereocenters.